The molecular weight excluding hydrogens is 320 g/mol. The lowest BCUT2D eigenvalue weighted by atomic mass is 10.3. The monoisotopic (exact) mass is 336 g/mol. The molecule has 0 saturated heterocycles. The SMILES string of the molecule is CCOC(=O)c1ccnc(NS(=O)(=O)c2ccc(OC)cc2)c1. The van der Waals surface area contributed by atoms with Crippen molar-refractivity contribution < 1.29 is 22.7 Å². The molecule has 23 heavy (non-hydrogen) atoms. The van der Waals surface area contributed by atoms with E-state index in [-0.39, 0.29) is 22.9 Å². The predicted molar refractivity (Wildman–Crippen MR) is 84.0 cm³/mol. The maximum absolute atomic E-state index is 12.3. The molecule has 0 radical (unpaired) electrons. The summed E-state index contributed by atoms with van der Waals surface area (Å²) in [4.78, 5) is 15.6. The van der Waals surface area contributed by atoms with E-state index >= 15 is 0 Å². The van der Waals surface area contributed by atoms with E-state index in [9.17, 15) is 13.2 Å². The van der Waals surface area contributed by atoms with E-state index < -0.39 is 16.0 Å². The van der Waals surface area contributed by atoms with Crippen molar-refractivity contribution >= 4 is 21.8 Å². The molecule has 1 aromatic carbocycles. The van der Waals surface area contributed by atoms with E-state index in [0.29, 0.717) is 5.75 Å². The number of nitrogens with one attached hydrogen (secondary N) is 1. The molecule has 1 heterocycles. The highest BCUT2D eigenvalue weighted by Crippen LogP contribution is 2.18. The Bertz CT molecular complexity index is 788. The third-order valence-electron chi connectivity index (χ3n) is 2.88. The van der Waals surface area contributed by atoms with Gasteiger partial charge in [-0.3, -0.25) is 4.72 Å². The maximum atomic E-state index is 12.3. The number of esters is 1. The Morgan fingerprint density at radius 2 is 1.91 bits per heavy atom. The minimum absolute atomic E-state index is 0.0337. The largest absolute Gasteiger partial charge is 0.497 e. The van der Waals surface area contributed by atoms with Gasteiger partial charge in [-0.25, -0.2) is 18.2 Å². The number of methoxy groups -OCH3 is 1. The molecular formula is C15H16N2O5S. The topological polar surface area (TPSA) is 94.6 Å². The zero-order chi connectivity index (χ0) is 16.9. The van der Waals surface area contributed by atoms with Crippen molar-refractivity contribution in [2.24, 2.45) is 0 Å². The minimum Gasteiger partial charge on any atom is -0.497 e. The smallest absolute Gasteiger partial charge is 0.338 e. The first-order chi connectivity index (χ1) is 11.0. The molecule has 0 bridgehead atoms. The molecule has 0 unspecified atom stereocenters. The summed E-state index contributed by atoms with van der Waals surface area (Å²) in [6.45, 7) is 1.92. The van der Waals surface area contributed by atoms with Crippen molar-refractivity contribution in [2.75, 3.05) is 18.4 Å². The van der Waals surface area contributed by atoms with E-state index in [2.05, 4.69) is 9.71 Å². The summed E-state index contributed by atoms with van der Waals surface area (Å²) in [5.74, 6) is 0.0394. The number of carbonyl (C=O) groups excluding carboxylic acids is 1. The van der Waals surface area contributed by atoms with Gasteiger partial charge in [-0.15, -0.1) is 0 Å². The van der Waals surface area contributed by atoms with E-state index in [4.69, 9.17) is 9.47 Å². The Labute approximate surface area is 134 Å². The summed E-state index contributed by atoms with van der Waals surface area (Å²) >= 11 is 0. The molecule has 0 aliphatic heterocycles. The Balaban J connectivity index is 2.23. The zero-order valence-electron chi connectivity index (χ0n) is 12.6. The summed E-state index contributed by atoms with van der Waals surface area (Å²) in [5.41, 5.74) is 0.217. The number of aromatic nitrogens is 1. The highest BCUT2D eigenvalue weighted by molar-refractivity contribution is 7.92. The molecule has 0 atom stereocenters. The lowest BCUT2D eigenvalue weighted by Gasteiger charge is -2.09. The molecule has 1 N–H and O–H groups in total. The summed E-state index contributed by atoms with van der Waals surface area (Å²) in [6.07, 6.45) is 1.33. The van der Waals surface area contributed by atoms with E-state index in [1.54, 1.807) is 6.92 Å². The van der Waals surface area contributed by atoms with Gasteiger partial charge in [-0.05, 0) is 43.3 Å². The number of nitrogens with zero attached hydrogens (tertiary/aromatic N) is 1. The van der Waals surface area contributed by atoms with Gasteiger partial charge >= 0.3 is 5.97 Å². The number of hydrogen-bond acceptors (Lipinski definition) is 6. The quantitative estimate of drug-likeness (QED) is 0.812. The van der Waals surface area contributed by atoms with Crippen molar-refractivity contribution in [3.8, 4) is 5.75 Å². The molecule has 0 aliphatic rings. The van der Waals surface area contributed by atoms with Gasteiger partial charge in [0.1, 0.15) is 11.6 Å². The normalized spacial score (nSPS) is 10.9. The molecule has 0 fully saturated rings. The second-order valence-electron chi connectivity index (χ2n) is 4.43. The number of rotatable bonds is 6. The Kier molecular flexibility index (Phi) is 5.17. The molecule has 7 nitrogen and oxygen atoms in total. The Morgan fingerprint density at radius 3 is 2.52 bits per heavy atom. The van der Waals surface area contributed by atoms with Crippen LogP contribution < -0.4 is 9.46 Å². The number of hydrogen-bond donors (Lipinski definition) is 1. The average molecular weight is 336 g/mol. The molecule has 8 heteroatoms. The second-order valence-corrected chi connectivity index (χ2v) is 6.11. The molecule has 0 saturated carbocycles. The summed E-state index contributed by atoms with van der Waals surface area (Å²) in [6, 6.07) is 8.67. The van der Waals surface area contributed by atoms with Gasteiger partial charge < -0.3 is 9.47 Å². The first kappa shape index (κ1) is 16.8. The van der Waals surface area contributed by atoms with Crippen LogP contribution in [0.2, 0.25) is 0 Å². The highest BCUT2D eigenvalue weighted by Gasteiger charge is 2.16. The summed E-state index contributed by atoms with van der Waals surface area (Å²) < 4.78 is 36.8. The number of pyridine rings is 1. The number of benzene rings is 1. The van der Waals surface area contributed by atoms with E-state index in [1.165, 1.54) is 49.7 Å². The van der Waals surface area contributed by atoms with Gasteiger partial charge in [0.25, 0.3) is 10.0 Å². The van der Waals surface area contributed by atoms with E-state index in [1.807, 2.05) is 0 Å². The van der Waals surface area contributed by atoms with Crippen LogP contribution in [0.4, 0.5) is 5.82 Å². The first-order valence-corrected chi connectivity index (χ1v) is 8.24. The molecule has 0 aliphatic carbocycles. The predicted octanol–water partition coefficient (Wildman–Crippen LogP) is 2.07. The van der Waals surface area contributed by atoms with Crippen molar-refractivity contribution in [1.29, 1.82) is 0 Å². The van der Waals surface area contributed by atoms with Crippen molar-refractivity contribution in [2.45, 2.75) is 11.8 Å². The lowest BCUT2D eigenvalue weighted by molar-refractivity contribution is 0.0526. The van der Waals surface area contributed by atoms with Crippen LogP contribution in [0.3, 0.4) is 0 Å². The van der Waals surface area contributed by atoms with Crippen LogP contribution in [0.25, 0.3) is 0 Å². The summed E-state index contributed by atoms with van der Waals surface area (Å²) in [7, 11) is -2.32. The van der Waals surface area contributed by atoms with Gasteiger partial charge in [0.15, 0.2) is 0 Å². The summed E-state index contributed by atoms with van der Waals surface area (Å²) in [5, 5.41) is 0. The van der Waals surface area contributed by atoms with Crippen LogP contribution in [-0.2, 0) is 14.8 Å². The highest BCUT2D eigenvalue weighted by atomic mass is 32.2. The Morgan fingerprint density at radius 1 is 1.22 bits per heavy atom. The van der Waals surface area contributed by atoms with Crippen LogP contribution in [0, 0.1) is 0 Å². The molecule has 2 aromatic rings. The fourth-order valence-electron chi connectivity index (χ4n) is 1.78. The fraction of sp³-hybridized carbons (Fsp3) is 0.200. The second kappa shape index (κ2) is 7.10. The number of sulfonamides is 1. The third-order valence-corrected chi connectivity index (χ3v) is 4.25. The van der Waals surface area contributed by atoms with Crippen LogP contribution >= 0.6 is 0 Å². The lowest BCUT2D eigenvalue weighted by Crippen LogP contribution is -2.14. The number of carbonyl (C=O) groups is 1. The third kappa shape index (κ3) is 4.19. The maximum Gasteiger partial charge on any atom is 0.338 e. The number of anilines is 1. The van der Waals surface area contributed by atoms with Crippen LogP contribution in [0.15, 0.2) is 47.5 Å². The van der Waals surface area contributed by atoms with Gasteiger partial charge in [0.05, 0.1) is 24.2 Å². The van der Waals surface area contributed by atoms with Gasteiger partial charge in [0.2, 0.25) is 0 Å². The zero-order valence-corrected chi connectivity index (χ0v) is 13.5. The molecule has 0 amide bonds. The van der Waals surface area contributed by atoms with Crippen LogP contribution in [0.5, 0.6) is 5.75 Å². The average Bonchev–Trinajstić information content (AvgIpc) is 2.55. The molecule has 122 valence electrons. The standard InChI is InChI=1S/C15H16N2O5S/c1-3-22-15(18)11-8-9-16-14(10-11)17-23(19,20)13-6-4-12(21-2)5-7-13/h4-10H,3H2,1-2H3,(H,16,17). The molecule has 1 aromatic heterocycles. The fourth-order valence-corrected chi connectivity index (χ4v) is 2.78. The van der Waals surface area contributed by atoms with Gasteiger partial charge in [0, 0.05) is 6.20 Å². The van der Waals surface area contributed by atoms with Crippen molar-refractivity contribution in [3.63, 3.8) is 0 Å². The van der Waals surface area contributed by atoms with Crippen LogP contribution in [-0.4, -0.2) is 33.1 Å². The van der Waals surface area contributed by atoms with Gasteiger partial charge in [-0.1, -0.05) is 0 Å². The van der Waals surface area contributed by atoms with Crippen molar-refractivity contribution in [1.82, 2.24) is 4.98 Å². The van der Waals surface area contributed by atoms with Gasteiger partial charge in [-0.2, -0.15) is 0 Å². The molecule has 0 spiro atoms. The minimum atomic E-state index is -3.81. The van der Waals surface area contributed by atoms with E-state index in [0.717, 1.165) is 0 Å². The van der Waals surface area contributed by atoms with Crippen LogP contribution in [0.1, 0.15) is 17.3 Å². The number of ether oxygens (including phenoxy) is 2. The van der Waals surface area contributed by atoms with Crippen molar-refractivity contribution in [3.05, 3.63) is 48.2 Å². The first-order valence-electron chi connectivity index (χ1n) is 6.76. The molecule has 2 rings (SSSR count). The Hall–Kier alpha value is -2.61.